The number of rotatable bonds is 5. The third-order valence-corrected chi connectivity index (χ3v) is 4.22. The lowest BCUT2D eigenvalue weighted by Crippen LogP contribution is -2.24. The second-order valence-corrected chi connectivity index (χ2v) is 5.85. The predicted octanol–water partition coefficient (Wildman–Crippen LogP) is 2.84. The van der Waals surface area contributed by atoms with Gasteiger partial charge in [0, 0.05) is 17.0 Å². The zero-order chi connectivity index (χ0) is 14.5. The van der Waals surface area contributed by atoms with Gasteiger partial charge in [-0.15, -0.1) is 11.3 Å². The van der Waals surface area contributed by atoms with Gasteiger partial charge in [-0.25, -0.2) is 4.98 Å². The number of anilines is 1. The molecule has 0 saturated heterocycles. The molecule has 20 heavy (non-hydrogen) atoms. The van der Waals surface area contributed by atoms with Gasteiger partial charge in [0.1, 0.15) is 0 Å². The summed E-state index contributed by atoms with van der Waals surface area (Å²) in [5, 5.41) is 2.94. The molecule has 0 fully saturated rings. The fourth-order valence-corrected chi connectivity index (χ4v) is 2.68. The third-order valence-electron chi connectivity index (χ3n) is 3.29. The molecule has 1 atom stereocenters. The Labute approximate surface area is 123 Å². The van der Waals surface area contributed by atoms with Crippen molar-refractivity contribution in [3.05, 3.63) is 45.9 Å². The van der Waals surface area contributed by atoms with Gasteiger partial charge >= 0.3 is 0 Å². The van der Waals surface area contributed by atoms with Crippen molar-refractivity contribution in [1.82, 2.24) is 10.3 Å². The summed E-state index contributed by atoms with van der Waals surface area (Å²) in [4.78, 5) is 17.2. The summed E-state index contributed by atoms with van der Waals surface area (Å²) in [5.74, 6) is 0.236. The molecule has 0 saturated carbocycles. The van der Waals surface area contributed by atoms with E-state index in [9.17, 15) is 4.79 Å². The summed E-state index contributed by atoms with van der Waals surface area (Å²) < 4.78 is 0. The number of benzene rings is 1. The van der Waals surface area contributed by atoms with Crippen LogP contribution in [0.2, 0.25) is 0 Å². The molecule has 5 heteroatoms. The van der Waals surface area contributed by atoms with Crippen LogP contribution in [0.3, 0.4) is 0 Å². The molecule has 3 N–H and O–H groups in total. The van der Waals surface area contributed by atoms with E-state index >= 15 is 0 Å². The average Bonchev–Trinajstić information content (AvgIpc) is 2.82. The van der Waals surface area contributed by atoms with Crippen molar-refractivity contribution < 1.29 is 4.79 Å². The molecule has 0 aliphatic heterocycles. The Morgan fingerprint density at radius 2 is 2.10 bits per heavy atom. The molecule has 1 aromatic heterocycles. The van der Waals surface area contributed by atoms with Crippen LogP contribution in [-0.4, -0.2) is 10.9 Å². The maximum absolute atomic E-state index is 11.9. The quantitative estimate of drug-likeness (QED) is 0.832. The van der Waals surface area contributed by atoms with Gasteiger partial charge in [-0.1, -0.05) is 19.1 Å². The highest BCUT2D eigenvalue weighted by Crippen LogP contribution is 2.20. The highest BCUT2D eigenvalue weighted by Gasteiger charge is 2.11. The average molecular weight is 289 g/mol. The molecule has 2 rings (SSSR count). The molecule has 1 amide bonds. The zero-order valence-corrected chi connectivity index (χ0v) is 12.5. The molecule has 1 aromatic carbocycles. The van der Waals surface area contributed by atoms with Gasteiger partial charge in [0.2, 0.25) is 5.91 Å². The first kappa shape index (κ1) is 14.5. The van der Waals surface area contributed by atoms with Gasteiger partial charge in [-0.2, -0.15) is 0 Å². The van der Waals surface area contributed by atoms with Gasteiger partial charge in [0.15, 0.2) is 0 Å². The SMILES string of the molecule is Cc1ncsc1CNC(=O)CC(C)c1ccc(N)cc1. The van der Waals surface area contributed by atoms with Crippen LogP contribution in [0.4, 0.5) is 5.69 Å². The van der Waals surface area contributed by atoms with E-state index in [2.05, 4.69) is 10.3 Å². The van der Waals surface area contributed by atoms with E-state index in [4.69, 9.17) is 5.73 Å². The molecule has 2 aromatic rings. The van der Waals surface area contributed by atoms with Crippen LogP contribution in [0.25, 0.3) is 0 Å². The first-order chi connectivity index (χ1) is 9.56. The molecular weight excluding hydrogens is 270 g/mol. The number of carbonyl (C=O) groups is 1. The number of nitrogens with one attached hydrogen (secondary N) is 1. The summed E-state index contributed by atoms with van der Waals surface area (Å²) >= 11 is 1.57. The molecule has 0 radical (unpaired) electrons. The van der Waals surface area contributed by atoms with E-state index in [0.29, 0.717) is 13.0 Å². The number of aromatic nitrogens is 1. The Morgan fingerprint density at radius 1 is 1.40 bits per heavy atom. The first-order valence-corrected chi connectivity index (χ1v) is 7.45. The molecule has 0 bridgehead atoms. The minimum atomic E-state index is 0.0575. The number of hydrogen-bond acceptors (Lipinski definition) is 4. The Kier molecular flexibility index (Phi) is 4.74. The van der Waals surface area contributed by atoms with E-state index in [1.807, 2.05) is 38.1 Å². The number of aryl methyl sites for hydroxylation is 1. The lowest BCUT2D eigenvalue weighted by molar-refractivity contribution is -0.121. The van der Waals surface area contributed by atoms with Gasteiger partial charge < -0.3 is 11.1 Å². The summed E-state index contributed by atoms with van der Waals surface area (Å²) in [5.41, 5.74) is 10.3. The van der Waals surface area contributed by atoms with E-state index in [-0.39, 0.29) is 11.8 Å². The van der Waals surface area contributed by atoms with E-state index < -0.39 is 0 Å². The van der Waals surface area contributed by atoms with Crippen LogP contribution < -0.4 is 11.1 Å². The lowest BCUT2D eigenvalue weighted by Gasteiger charge is -2.12. The van der Waals surface area contributed by atoms with Crippen molar-refractivity contribution in [2.75, 3.05) is 5.73 Å². The van der Waals surface area contributed by atoms with Gasteiger partial charge in [-0.3, -0.25) is 4.79 Å². The predicted molar refractivity (Wildman–Crippen MR) is 82.6 cm³/mol. The second-order valence-electron chi connectivity index (χ2n) is 4.91. The second kappa shape index (κ2) is 6.52. The van der Waals surface area contributed by atoms with Crippen molar-refractivity contribution in [1.29, 1.82) is 0 Å². The summed E-state index contributed by atoms with van der Waals surface area (Å²) in [6, 6.07) is 7.68. The number of nitrogen functional groups attached to an aromatic ring is 1. The topological polar surface area (TPSA) is 68.0 Å². The fourth-order valence-electron chi connectivity index (χ4n) is 1.97. The number of nitrogens with zero attached hydrogens (tertiary/aromatic N) is 1. The maximum Gasteiger partial charge on any atom is 0.220 e. The first-order valence-electron chi connectivity index (χ1n) is 6.57. The van der Waals surface area contributed by atoms with Crippen LogP contribution in [0.15, 0.2) is 29.8 Å². The molecule has 0 spiro atoms. The summed E-state index contributed by atoms with van der Waals surface area (Å²) in [6.07, 6.45) is 0.474. The molecule has 106 valence electrons. The smallest absolute Gasteiger partial charge is 0.220 e. The van der Waals surface area contributed by atoms with Gasteiger partial charge in [0.05, 0.1) is 17.7 Å². The number of carbonyl (C=O) groups excluding carboxylic acids is 1. The number of hydrogen-bond donors (Lipinski definition) is 2. The Bertz CT molecular complexity index is 577. The largest absolute Gasteiger partial charge is 0.399 e. The zero-order valence-electron chi connectivity index (χ0n) is 11.7. The minimum absolute atomic E-state index is 0.0575. The highest BCUT2D eigenvalue weighted by atomic mass is 32.1. The number of amides is 1. The van der Waals surface area contributed by atoms with Crippen molar-refractivity contribution >= 4 is 22.9 Å². The van der Waals surface area contributed by atoms with Crippen LogP contribution in [0, 0.1) is 6.92 Å². The third kappa shape index (κ3) is 3.81. The molecule has 1 heterocycles. The fraction of sp³-hybridized carbons (Fsp3) is 0.333. The van der Waals surface area contributed by atoms with Crippen LogP contribution >= 0.6 is 11.3 Å². The molecule has 0 aliphatic rings. The summed E-state index contributed by atoms with van der Waals surface area (Å²) in [7, 11) is 0. The molecule has 4 nitrogen and oxygen atoms in total. The van der Waals surface area contributed by atoms with Crippen LogP contribution in [0.5, 0.6) is 0 Å². The highest BCUT2D eigenvalue weighted by molar-refractivity contribution is 7.09. The Morgan fingerprint density at radius 3 is 2.70 bits per heavy atom. The van der Waals surface area contributed by atoms with Crippen LogP contribution in [0.1, 0.15) is 35.4 Å². The van der Waals surface area contributed by atoms with Crippen molar-refractivity contribution in [2.24, 2.45) is 0 Å². The van der Waals surface area contributed by atoms with Crippen LogP contribution in [-0.2, 0) is 11.3 Å². The van der Waals surface area contributed by atoms with E-state index in [0.717, 1.165) is 21.8 Å². The van der Waals surface area contributed by atoms with Crippen molar-refractivity contribution in [3.63, 3.8) is 0 Å². The number of nitrogens with two attached hydrogens (primary N) is 1. The van der Waals surface area contributed by atoms with Crippen molar-refractivity contribution in [2.45, 2.75) is 32.7 Å². The van der Waals surface area contributed by atoms with E-state index in [1.165, 1.54) is 0 Å². The van der Waals surface area contributed by atoms with Gasteiger partial charge in [-0.05, 0) is 30.5 Å². The molecule has 1 unspecified atom stereocenters. The Hall–Kier alpha value is -1.88. The normalized spacial score (nSPS) is 12.1. The Balaban J connectivity index is 1.85. The molecule has 0 aliphatic carbocycles. The molecular formula is C15H19N3OS. The van der Waals surface area contributed by atoms with E-state index in [1.54, 1.807) is 16.8 Å². The van der Waals surface area contributed by atoms with Crippen molar-refractivity contribution in [3.8, 4) is 0 Å². The minimum Gasteiger partial charge on any atom is -0.399 e. The lowest BCUT2D eigenvalue weighted by atomic mass is 9.97. The maximum atomic E-state index is 11.9. The summed E-state index contributed by atoms with van der Waals surface area (Å²) in [6.45, 7) is 4.56. The monoisotopic (exact) mass is 289 g/mol. The standard InChI is InChI=1S/C15H19N3OS/c1-10(12-3-5-13(16)6-4-12)7-15(19)17-8-14-11(2)18-9-20-14/h3-6,9-10H,7-8,16H2,1-2H3,(H,17,19). The van der Waals surface area contributed by atoms with Gasteiger partial charge in [0.25, 0.3) is 0 Å². The number of thiazole rings is 1.